The van der Waals surface area contributed by atoms with Gasteiger partial charge in [-0.15, -0.1) is 0 Å². The fraction of sp³-hybridized carbons (Fsp3) is 0.625. The van der Waals surface area contributed by atoms with Crippen LogP contribution in [0.1, 0.15) is 18.1 Å². The second-order valence-electron chi connectivity index (χ2n) is 8.50. The number of para-hydroxylation sites is 1. The second kappa shape index (κ2) is 5.68. The predicted octanol–water partition coefficient (Wildman–Crippen LogP) is 5.39. The highest BCUT2D eigenvalue weighted by Crippen LogP contribution is 2.42. The molecule has 118 valence electrons. The maximum Gasteiger partial charge on any atom is 0.174 e. The van der Waals surface area contributed by atoms with E-state index in [0.29, 0.717) is 6.10 Å². The average molecular weight is 338 g/mol. The molecule has 1 heterocycles. The van der Waals surface area contributed by atoms with E-state index in [9.17, 15) is 0 Å². The van der Waals surface area contributed by atoms with Crippen molar-refractivity contribution in [1.82, 2.24) is 0 Å². The van der Waals surface area contributed by atoms with Crippen molar-refractivity contribution in [2.24, 2.45) is 0 Å². The Morgan fingerprint density at radius 3 is 2.29 bits per heavy atom. The number of benzene rings is 1. The molecule has 1 aromatic rings. The lowest BCUT2D eigenvalue weighted by Gasteiger charge is -2.46. The number of nitrogens with one attached hydrogen (secondary N) is 1. The van der Waals surface area contributed by atoms with E-state index in [2.05, 4.69) is 75.1 Å². The Kier molecular flexibility index (Phi) is 4.60. The van der Waals surface area contributed by atoms with Gasteiger partial charge in [-0.1, -0.05) is 57.0 Å². The largest absolute Gasteiger partial charge is 0.413 e. The van der Waals surface area contributed by atoms with Gasteiger partial charge in [-0.3, -0.25) is 0 Å². The zero-order valence-electron chi connectivity index (χ0n) is 14.7. The number of rotatable bonds is 3. The van der Waals surface area contributed by atoms with Crippen LogP contribution in [0.3, 0.4) is 0 Å². The molecule has 21 heavy (non-hydrogen) atoms. The Morgan fingerprint density at radius 1 is 1.10 bits per heavy atom. The van der Waals surface area contributed by atoms with Gasteiger partial charge in [0.2, 0.25) is 0 Å². The summed E-state index contributed by atoms with van der Waals surface area (Å²) in [6, 6.07) is 10.2. The fourth-order valence-corrected chi connectivity index (χ4v) is 10.4. The van der Waals surface area contributed by atoms with E-state index in [4.69, 9.17) is 4.43 Å². The molecule has 1 N–H and O–H groups in total. The molecule has 0 aromatic heterocycles. The summed E-state index contributed by atoms with van der Waals surface area (Å²) in [6.07, 6.45) is 1.49. The lowest BCUT2D eigenvalue weighted by atomic mass is 10.1. The summed E-state index contributed by atoms with van der Waals surface area (Å²) in [5.74, 6) is 0. The third-order valence-corrected chi connectivity index (χ3v) is 22.5. The quantitative estimate of drug-likeness (QED) is 0.747. The van der Waals surface area contributed by atoms with Gasteiger partial charge >= 0.3 is 0 Å². The Balaban J connectivity index is 2.28. The van der Waals surface area contributed by atoms with Gasteiger partial charge in [0.1, 0.15) is 8.24 Å². The Labute approximate surface area is 133 Å². The fourth-order valence-electron chi connectivity index (χ4n) is 2.88. The molecule has 2 nitrogen and oxygen atoms in total. The monoisotopic (exact) mass is 337 g/mol. The van der Waals surface area contributed by atoms with Crippen LogP contribution in [-0.2, 0) is 4.43 Å². The zero-order valence-corrected chi connectivity index (χ0v) is 17.7. The highest BCUT2D eigenvalue weighted by Gasteiger charge is 2.48. The Hall–Kier alpha value is -0.369. The van der Waals surface area contributed by atoms with Crippen molar-refractivity contribution in [3.8, 4) is 0 Å². The molecule has 1 unspecified atom stereocenters. The van der Waals surface area contributed by atoms with E-state index in [1.54, 1.807) is 0 Å². The first kappa shape index (κ1) is 17.0. The molecule has 0 saturated carbocycles. The van der Waals surface area contributed by atoms with Gasteiger partial charge in [-0.2, -0.15) is 0 Å². The highest BCUT2D eigenvalue weighted by atomic mass is 29.3. The van der Waals surface area contributed by atoms with Gasteiger partial charge in [0.25, 0.3) is 0 Å². The molecule has 0 radical (unpaired) electrons. The summed E-state index contributed by atoms with van der Waals surface area (Å²) >= 11 is 0. The first-order chi connectivity index (χ1) is 9.52. The standard InChI is InChI=1S/C16H31NOSi3/c1-19(2,3)17-15-11-9-8-10-14(15)16-12-13-20(4,5)21(6,7)18-16/h8-11,16-17H,12-13H2,1-7H3. The molecule has 0 bridgehead atoms. The number of anilines is 1. The molecule has 1 saturated heterocycles. The SMILES string of the molecule is C[Si](C)(C)Nc1ccccc1C1CC[Si](C)(C)[Si](C)(C)O1. The predicted molar refractivity (Wildman–Crippen MR) is 102 cm³/mol. The van der Waals surface area contributed by atoms with Crippen LogP contribution >= 0.6 is 0 Å². The highest BCUT2D eigenvalue weighted by molar-refractivity contribution is 7.38. The van der Waals surface area contributed by atoms with Crippen LogP contribution in [0.2, 0.25) is 51.9 Å². The van der Waals surface area contributed by atoms with Crippen LogP contribution in [0.25, 0.3) is 0 Å². The third-order valence-electron chi connectivity index (χ3n) is 4.92. The van der Waals surface area contributed by atoms with E-state index in [0.717, 1.165) is 0 Å². The zero-order chi connectivity index (χ0) is 15.9. The van der Waals surface area contributed by atoms with Crippen molar-refractivity contribution in [2.45, 2.75) is 64.4 Å². The third kappa shape index (κ3) is 3.89. The number of hydrogen-bond acceptors (Lipinski definition) is 2. The smallest absolute Gasteiger partial charge is 0.174 e. The molecule has 0 amide bonds. The molecular weight excluding hydrogens is 306 g/mol. The lowest BCUT2D eigenvalue weighted by molar-refractivity contribution is 0.190. The van der Waals surface area contributed by atoms with Gasteiger partial charge in [0.05, 0.1) is 13.7 Å². The molecule has 1 aliphatic rings. The Bertz CT molecular complexity index is 508. The minimum atomic E-state index is -1.52. The summed E-state index contributed by atoms with van der Waals surface area (Å²) in [7, 11) is -4.02. The van der Waals surface area contributed by atoms with E-state index in [-0.39, 0.29) is 0 Å². The van der Waals surface area contributed by atoms with Crippen LogP contribution in [0.15, 0.2) is 24.3 Å². The van der Waals surface area contributed by atoms with Crippen molar-refractivity contribution < 1.29 is 4.43 Å². The van der Waals surface area contributed by atoms with Gasteiger partial charge in [0, 0.05) is 11.3 Å². The number of hydrogen-bond donors (Lipinski definition) is 1. The molecule has 2 rings (SSSR count). The van der Waals surface area contributed by atoms with Crippen molar-refractivity contribution in [3.63, 3.8) is 0 Å². The molecule has 1 aromatic carbocycles. The minimum Gasteiger partial charge on any atom is -0.413 e. The molecule has 1 fully saturated rings. The summed E-state index contributed by atoms with van der Waals surface area (Å²) in [6.45, 7) is 16.9. The van der Waals surface area contributed by atoms with Crippen LogP contribution in [0, 0.1) is 0 Å². The van der Waals surface area contributed by atoms with E-state index >= 15 is 0 Å². The summed E-state index contributed by atoms with van der Waals surface area (Å²) in [5.41, 5.74) is 2.68. The maximum atomic E-state index is 6.71. The van der Waals surface area contributed by atoms with Gasteiger partial charge in [0.15, 0.2) is 7.83 Å². The van der Waals surface area contributed by atoms with Crippen molar-refractivity contribution in [3.05, 3.63) is 29.8 Å². The van der Waals surface area contributed by atoms with E-state index in [1.807, 2.05) is 0 Å². The second-order valence-corrected chi connectivity index (χ2v) is 28.4. The van der Waals surface area contributed by atoms with E-state index < -0.39 is 23.7 Å². The maximum absolute atomic E-state index is 6.71. The van der Waals surface area contributed by atoms with Crippen molar-refractivity contribution >= 4 is 29.3 Å². The molecular formula is C16H31NOSi3. The van der Waals surface area contributed by atoms with Crippen LogP contribution in [0.5, 0.6) is 0 Å². The molecule has 0 spiro atoms. The average Bonchev–Trinajstić information content (AvgIpc) is 2.32. The minimum absolute atomic E-state index is 0.298. The summed E-state index contributed by atoms with van der Waals surface area (Å²) in [4.78, 5) is 3.78. The Morgan fingerprint density at radius 2 is 1.71 bits per heavy atom. The van der Waals surface area contributed by atoms with Crippen molar-refractivity contribution in [1.29, 1.82) is 0 Å². The van der Waals surface area contributed by atoms with Gasteiger partial charge in [-0.05, 0) is 25.6 Å². The molecule has 1 aliphatic heterocycles. The van der Waals surface area contributed by atoms with Crippen LogP contribution in [0.4, 0.5) is 5.69 Å². The first-order valence-electron chi connectivity index (χ1n) is 8.07. The van der Waals surface area contributed by atoms with Crippen molar-refractivity contribution in [2.75, 3.05) is 4.98 Å². The van der Waals surface area contributed by atoms with Crippen LogP contribution < -0.4 is 4.98 Å². The molecule has 5 heteroatoms. The summed E-state index contributed by atoms with van der Waals surface area (Å²) < 4.78 is 6.71. The normalized spacial score (nSPS) is 24.6. The topological polar surface area (TPSA) is 21.3 Å². The van der Waals surface area contributed by atoms with Crippen LogP contribution in [-0.4, -0.2) is 23.7 Å². The first-order valence-corrected chi connectivity index (χ1v) is 18.7. The lowest BCUT2D eigenvalue weighted by Crippen LogP contribution is -2.60. The molecule has 0 aliphatic carbocycles. The van der Waals surface area contributed by atoms with Gasteiger partial charge in [-0.25, -0.2) is 0 Å². The van der Waals surface area contributed by atoms with E-state index in [1.165, 1.54) is 23.7 Å². The summed E-state index contributed by atoms with van der Waals surface area (Å²) in [5, 5.41) is 0. The molecule has 1 atom stereocenters. The van der Waals surface area contributed by atoms with Gasteiger partial charge < -0.3 is 9.41 Å².